The summed E-state index contributed by atoms with van der Waals surface area (Å²) >= 11 is 0. The highest BCUT2D eigenvalue weighted by molar-refractivity contribution is 5.80. The Bertz CT molecular complexity index is 439. The van der Waals surface area contributed by atoms with Crippen LogP contribution in [-0.4, -0.2) is 39.5 Å². The SMILES string of the molecule is NC(=O)CCCC(C[C@@](N)(CCCC(N)=O)C(=O)O)C(=O)O. The summed E-state index contributed by atoms with van der Waals surface area (Å²) in [7, 11) is 0. The van der Waals surface area contributed by atoms with Crippen molar-refractivity contribution in [2.45, 2.75) is 50.5 Å². The molecule has 126 valence electrons. The van der Waals surface area contributed by atoms with E-state index in [0.717, 1.165) is 0 Å². The molecule has 0 bridgehead atoms. The molecule has 0 aromatic carbocycles. The van der Waals surface area contributed by atoms with E-state index in [4.69, 9.17) is 22.3 Å². The first-order valence-corrected chi connectivity index (χ1v) is 6.90. The molecule has 0 aliphatic rings. The number of carboxylic acid groups (broad SMARTS) is 2. The lowest BCUT2D eigenvalue weighted by molar-refractivity contribution is -0.148. The minimum atomic E-state index is -1.76. The second-order valence-corrected chi connectivity index (χ2v) is 5.38. The standard InChI is InChI=1S/C13H23N3O6/c14-9(17)4-1-3-8(11(19)20)7-13(16,12(21)22)6-2-5-10(15)18/h8H,1-7,16H2,(H2,14,17)(H2,15,18)(H,19,20)(H,21,22)/t8?,13-/m0/s1. The van der Waals surface area contributed by atoms with E-state index >= 15 is 0 Å². The molecule has 0 radical (unpaired) electrons. The van der Waals surface area contributed by atoms with Crippen molar-refractivity contribution in [2.75, 3.05) is 0 Å². The molecule has 2 amide bonds. The van der Waals surface area contributed by atoms with Crippen molar-refractivity contribution in [3.8, 4) is 0 Å². The fraction of sp³-hybridized carbons (Fsp3) is 0.692. The predicted octanol–water partition coefficient (Wildman–Crippen LogP) is -0.829. The summed E-state index contributed by atoms with van der Waals surface area (Å²) in [5.74, 6) is -4.66. The largest absolute Gasteiger partial charge is 0.481 e. The van der Waals surface area contributed by atoms with Crippen molar-refractivity contribution in [2.24, 2.45) is 23.1 Å². The Hall–Kier alpha value is -2.16. The molecule has 0 rings (SSSR count). The first-order chi connectivity index (χ1) is 10.1. The van der Waals surface area contributed by atoms with Crippen LogP contribution < -0.4 is 17.2 Å². The maximum absolute atomic E-state index is 11.3. The van der Waals surface area contributed by atoms with Crippen molar-refractivity contribution in [1.29, 1.82) is 0 Å². The van der Waals surface area contributed by atoms with Crippen LogP contribution in [0.15, 0.2) is 0 Å². The van der Waals surface area contributed by atoms with E-state index in [1.54, 1.807) is 0 Å². The van der Waals surface area contributed by atoms with Crippen LogP contribution in [0.25, 0.3) is 0 Å². The maximum atomic E-state index is 11.3. The highest BCUT2D eigenvalue weighted by Gasteiger charge is 2.38. The molecule has 0 aromatic rings. The molecule has 0 heterocycles. The Morgan fingerprint density at radius 1 is 0.955 bits per heavy atom. The number of carboxylic acids is 2. The summed E-state index contributed by atoms with van der Waals surface area (Å²) in [5, 5.41) is 18.4. The quantitative estimate of drug-likeness (QED) is 0.310. The summed E-state index contributed by atoms with van der Waals surface area (Å²) in [6.07, 6.45) is 0.136. The molecule has 0 fully saturated rings. The molecule has 0 aliphatic heterocycles. The molecule has 0 spiro atoms. The van der Waals surface area contributed by atoms with E-state index in [1.165, 1.54) is 0 Å². The van der Waals surface area contributed by atoms with Gasteiger partial charge in [0.2, 0.25) is 11.8 Å². The van der Waals surface area contributed by atoms with Crippen LogP contribution in [0.2, 0.25) is 0 Å². The van der Waals surface area contributed by atoms with E-state index in [9.17, 15) is 24.3 Å². The van der Waals surface area contributed by atoms with Gasteiger partial charge in [-0.3, -0.25) is 19.2 Å². The molecule has 0 saturated heterocycles. The van der Waals surface area contributed by atoms with E-state index in [-0.39, 0.29) is 44.9 Å². The fourth-order valence-electron chi connectivity index (χ4n) is 2.15. The van der Waals surface area contributed by atoms with Gasteiger partial charge in [-0.25, -0.2) is 0 Å². The highest BCUT2D eigenvalue weighted by Crippen LogP contribution is 2.25. The van der Waals surface area contributed by atoms with Crippen LogP contribution in [0, 0.1) is 5.92 Å². The van der Waals surface area contributed by atoms with E-state index in [1.807, 2.05) is 0 Å². The van der Waals surface area contributed by atoms with Gasteiger partial charge in [0, 0.05) is 12.8 Å². The number of nitrogens with two attached hydrogens (primary N) is 3. The molecule has 1 unspecified atom stereocenters. The van der Waals surface area contributed by atoms with Crippen LogP contribution in [-0.2, 0) is 19.2 Å². The normalized spacial score (nSPS) is 14.8. The van der Waals surface area contributed by atoms with Crippen molar-refractivity contribution in [1.82, 2.24) is 0 Å². The smallest absolute Gasteiger partial charge is 0.323 e. The zero-order chi connectivity index (χ0) is 17.3. The van der Waals surface area contributed by atoms with Crippen LogP contribution in [0.4, 0.5) is 0 Å². The Balaban J connectivity index is 4.76. The lowest BCUT2D eigenvalue weighted by Gasteiger charge is -2.27. The number of hydrogen-bond acceptors (Lipinski definition) is 5. The van der Waals surface area contributed by atoms with Gasteiger partial charge in [-0.05, 0) is 32.1 Å². The predicted molar refractivity (Wildman–Crippen MR) is 76.4 cm³/mol. The molecule has 0 saturated carbocycles. The van der Waals surface area contributed by atoms with Crippen molar-refractivity contribution in [3.63, 3.8) is 0 Å². The van der Waals surface area contributed by atoms with Crippen molar-refractivity contribution in [3.05, 3.63) is 0 Å². The average molecular weight is 317 g/mol. The third-order valence-electron chi connectivity index (χ3n) is 3.41. The van der Waals surface area contributed by atoms with Gasteiger partial charge in [0.1, 0.15) is 5.54 Å². The lowest BCUT2D eigenvalue weighted by Crippen LogP contribution is -2.50. The third-order valence-corrected chi connectivity index (χ3v) is 3.41. The van der Waals surface area contributed by atoms with Gasteiger partial charge in [0.25, 0.3) is 0 Å². The molecule has 8 N–H and O–H groups in total. The molecule has 22 heavy (non-hydrogen) atoms. The summed E-state index contributed by atoms with van der Waals surface area (Å²) in [5.41, 5.74) is 14.0. The first kappa shape index (κ1) is 19.8. The summed E-state index contributed by atoms with van der Waals surface area (Å²) in [6.45, 7) is 0. The fourth-order valence-corrected chi connectivity index (χ4v) is 2.15. The molecule has 9 heteroatoms. The Morgan fingerprint density at radius 2 is 1.45 bits per heavy atom. The third kappa shape index (κ3) is 7.58. The van der Waals surface area contributed by atoms with Gasteiger partial charge >= 0.3 is 11.9 Å². The minimum Gasteiger partial charge on any atom is -0.481 e. The van der Waals surface area contributed by atoms with Crippen molar-refractivity contribution >= 4 is 23.8 Å². The number of hydrogen-bond donors (Lipinski definition) is 5. The number of amides is 2. The van der Waals surface area contributed by atoms with Crippen LogP contribution in [0.1, 0.15) is 44.9 Å². The van der Waals surface area contributed by atoms with Gasteiger partial charge in [0.05, 0.1) is 5.92 Å². The van der Waals surface area contributed by atoms with Gasteiger partial charge in [-0.15, -0.1) is 0 Å². The number of aliphatic carboxylic acids is 2. The second-order valence-electron chi connectivity index (χ2n) is 5.38. The molecular formula is C13H23N3O6. The topological polar surface area (TPSA) is 187 Å². The molecule has 0 aliphatic carbocycles. The zero-order valence-electron chi connectivity index (χ0n) is 12.3. The maximum Gasteiger partial charge on any atom is 0.323 e. The van der Waals surface area contributed by atoms with E-state index in [2.05, 4.69) is 0 Å². The van der Waals surface area contributed by atoms with Gasteiger partial charge in [-0.1, -0.05) is 0 Å². The molecular weight excluding hydrogens is 294 g/mol. The number of rotatable bonds is 12. The summed E-state index contributed by atoms with van der Waals surface area (Å²) in [6, 6.07) is 0. The average Bonchev–Trinajstić information content (AvgIpc) is 2.36. The van der Waals surface area contributed by atoms with Crippen molar-refractivity contribution < 1.29 is 29.4 Å². The summed E-state index contributed by atoms with van der Waals surface area (Å²) < 4.78 is 0. The number of primary amides is 2. The molecule has 0 aromatic heterocycles. The monoisotopic (exact) mass is 317 g/mol. The first-order valence-electron chi connectivity index (χ1n) is 6.90. The van der Waals surface area contributed by atoms with Gasteiger partial charge in [0.15, 0.2) is 0 Å². The summed E-state index contributed by atoms with van der Waals surface area (Å²) in [4.78, 5) is 43.9. The Labute approximate surface area is 127 Å². The molecule has 2 atom stereocenters. The minimum absolute atomic E-state index is 0.0222. The van der Waals surface area contributed by atoms with Crippen LogP contribution in [0.3, 0.4) is 0 Å². The van der Waals surface area contributed by atoms with Gasteiger partial charge in [-0.2, -0.15) is 0 Å². The van der Waals surface area contributed by atoms with E-state index in [0.29, 0.717) is 0 Å². The van der Waals surface area contributed by atoms with E-state index < -0.39 is 35.2 Å². The number of carbonyl (C=O) groups excluding carboxylic acids is 2. The Kier molecular flexibility index (Phi) is 8.10. The van der Waals surface area contributed by atoms with Crippen LogP contribution in [0.5, 0.6) is 0 Å². The Morgan fingerprint density at radius 3 is 1.86 bits per heavy atom. The zero-order valence-corrected chi connectivity index (χ0v) is 12.3. The lowest BCUT2D eigenvalue weighted by atomic mass is 9.82. The highest BCUT2D eigenvalue weighted by atomic mass is 16.4. The van der Waals surface area contributed by atoms with Gasteiger partial charge < -0.3 is 27.4 Å². The second kappa shape index (κ2) is 8.98. The number of carbonyl (C=O) groups is 4. The molecule has 9 nitrogen and oxygen atoms in total. The van der Waals surface area contributed by atoms with Crippen LogP contribution >= 0.6 is 0 Å².